The zero-order chi connectivity index (χ0) is 34.4. The van der Waals surface area contributed by atoms with Crippen LogP contribution in [-0.4, -0.2) is 0 Å². The van der Waals surface area contributed by atoms with Crippen molar-refractivity contribution >= 4 is 38.6 Å². The van der Waals surface area contributed by atoms with E-state index in [1.165, 1.54) is 77.2 Å². The fourth-order valence-corrected chi connectivity index (χ4v) is 8.17. The zero-order valence-electron chi connectivity index (χ0n) is 28.7. The van der Waals surface area contributed by atoms with Crippen LogP contribution in [0.15, 0.2) is 200 Å². The Morgan fingerprint density at radius 3 is 1.83 bits per heavy atom. The molecule has 0 N–H and O–H groups in total. The molecule has 0 saturated heterocycles. The van der Waals surface area contributed by atoms with E-state index in [-0.39, 0.29) is 0 Å². The van der Waals surface area contributed by atoms with E-state index in [1.54, 1.807) is 0 Å². The van der Waals surface area contributed by atoms with Crippen molar-refractivity contribution in [1.82, 2.24) is 0 Å². The first-order chi connectivity index (χ1) is 25.8. The predicted octanol–water partition coefficient (Wildman–Crippen LogP) is 14.0. The van der Waals surface area contributed by atoms with Crippen molar-refractivity contribution in [1.29, 1.82) is 0 Å². The fraction of sp³-hybridized carbons (Fsp3) is 0.0196. The van der Waals surface area contributed by atoms with Gasteiger partial charge in [-0.3, -0.25) is 0 Å². The largest absolute Gasteiger partial charge is 0.310 e. The molecule has 0 heterocycles. The van der Waals surface area contributed by atoms with Crippen LogP contribution in [0, 0.1) is 0 Å². The quantitative estimate of drug-likeness (QED) is 0.171. The number of rotatable bonds is 6. The van der Waals surface area contributed by atoms with Crippen molar-refractivity contribution in [3.63, 3.8) is 0 Å². The Kier molecular flexibility index (Phi) is 7.29. The number of para-hydroxylation sites is 1. The molecule has 0 aliphatic heterocycles. The van der Waals surface area contributed by atoms with Crippen LogP contribution in [-0.2, 0) is 6.42 Å². The minimum Gasteiger partial charge on any atom is -0.310 e. The lowest BCUT2D eigenvalue weighted by Crippen LogP contribution is -2.11. The van der Waals surface area contributed by atoms with Gasteiger partial charge in [-0.1, -0.05) is 164 Å². The Morgan fingerprint density at radius 2 is 0.962 bits per heavy atom. The molecular weight excluding hydrogens is 627 g/mol. The second kappa shape index (κ2) is 12.6. The van der Waals surface area contributed by atoms with Crippen LogP contribution in [0.2, 0.25) is 0 Å². The topological polar surface area (TPSA) is 3.24 Å². The molecule has 0 fully saturated rings. The van der Waals surface area contributed by atoms with E-state index in [4.69, 9.17) is 0 Å². The summed E-state index contributed by atoms with van der Waals surface area (Å²) in [6.07, 6.45) is 0.976. The average molecular weight is 662 g/mol. The van der Waals surface area contributed by atoms with Gasteiger partial charge >= 0.3 is 0 Å². The average Bonchev–Trinajstić information content (AvgIpc) is 3.59. The maximum absolute atomic E-state index is 2.44. The van der Waals surface area contributed by atoms with Gasteiger partial charge in [0, 0.05) is 16.9 Å². The standard InChI is InChI=1S/C51H35N/c1-2-14-38(15-3-1)51-47-20-9-6-13-36(47)27-31-48(51)37-24-28-43(29-25-37)52(44-30-26-42-33-40-17-7-8-18-45(40)49(42)34-44)50-21-11-10-19-46(50)41-23-22-35-12-4-5-16-39(35)32-41/h1-32,34H,33H2. The molecule has 244 valence electrons. The molecule has 10 rings (SSSR count). The molecule has 0 aromatic heterocycles. The van der Waals surface area contributed by atoms with Gasteiger partial charge in [0.15, 0.2) is 0 Å². The van der Waals surface area contributed by atoms with Gasteiger partial charge in [-0.2, -0.15) is 0 Å². The minimum atomic E-state index is 0.976. The molecule has 1 aliphatic rings. The Morgan fingerprint density at radius 1 is 0.327 bits per heavy atom. The van der Waals surface area contributed by atoms with Crippen molar-refractivity contribution in [2.45, 2.75) is 6.42 Å². The molecule has 1 aliphatic carbocycles. The molecule has 0 saturated carbocycles. The second-order valence-corrected chi connectivity index (χ2v) is 13.7. The molecule has 0 amide bonds. The smallest absolute Gasteiger partial charge is 0.0540 e. The van der Waals surface area contributed by atoms with Gasteiger partial charge in [-0.05, 0) is 114 Å². The Hall–Kier alpha value is -6.70. The lowest BCUT2D eigenvalue weighted by molar-refractivity contribution is 1.24. The molecule has 52 heavy (non-hydrogen) atoms. The van der Waals surface area contributed by atoms with E-state index in [9.17, 15) is 0 Å². The first-order valence-corrected chi connectivity index (χ1v) is 18.1. The lowest BCUT2D eigenvalue weighted by atomic mass is 9.89. The van der Waals surface area contributed by atoms with E-state index < -0.39 is 0 Å². The molecule has 0 unspecified atom stereocenters. The van der Waals surface area contributed by atoms with Gasteiger partial charge in [-0.25, -0.2) is 0 Å². The highest BCUT2D eigenvalue weighted by atomic mass is 15.1. The normalized spacial score (nSPS) is 11.8. The third-order valence-electron chi connectivity index (χ3n) is 10.7. The summed E-state index contributed by atoms with van der Waals surface area (Å²) in [5.41, 5.74) is 16.1. The van der Waals surface area contributed by atoms with Gasteiger partial charge < -0.3 is 4.90 Å². The van der Waals surface area contributed by atoms with E-state index in [1.807, 2.05) is 0 Å². The summed E-state index contributed by atoms with van der Waals surface area (Å²) in [6.45, 7) is 0. The number of hydrogen-bond acceptors (Lipinski definition) is 1. The van der Waals surface area contributed by atoms with Crippen LogP contribution >= 0.6 is 0 Å². The Balaban J connectivity index is 1.15. The van der Waals surface area contributed by atoms with Crippen molar-refractivity contribution in [2.75, 3.05) is 4.90 Å². The zero-order valence-corrected chi connectivity index (χ0v) is 28.7. The third kappa shape index (κ3) is 5.18. The van der Waals surface area contributed by atoms with Crippen molar-refractivity contribution < 1.29 is 0 Å². The van der Waals surface area contributed by atoms with E-state index >= 15 is 0 Å². The summed E-state index contributed by atoms with van der Waals surface area (Å²) in [5, 5.41) is 5.00. The van der Waals surface area contributed by atoms with Gasteiger partial charge in [0.25, 0.3) is 0 Å². The van der Waals surface area contributed by atoms with Gasteiger partial charge in [0.1, 0.15) is 0 Å². The van der Waals surface area contributed by atoms with Crippen LogP contribution in [0.3, 0.4) is 0 Å². The minimum absolute atomic E-state index is 0.976. The maximum Gasteiger partial charge on any atom is 0.0540 e. The number of hydrogen-bond donors (Lipinski definition) is 0. The fourth-order valence-electron chi connectivity index (χ4n) is 8.17. The first-order valence-electron chi connectivity index (χ1n) is 18.1. The molecule has 0 atom stereocenters. The third-order valence-corrected chi connectivity index (χ3v) is 10.7. The van der Waals surface area contributed by atoms with E-state index in [0.29, 0.717) is 0 Å². The Bertz CT molecular complexity index is 2760. The maximum atomic E-state index is 2.44. The predicted molar refractivity (Wildman–Crippen MR) is 221 cm³/mol. The first kappa shape index (κ1) is 30.2. The monoisotopic (exact) mass is 661 g/mol. The Labute approximate surface area is 304 Å². The number of nitrogens with zero attached hydrogens (tertiary/aromatic N) is 1. The van der Waals surface area contributed by atoms with Gasteiger partial charge in [0.2, 0.25) is 0 Å². The number of anilines is 3. The SMILES string of the molecule is c1ccc(-c2c(-c3ccc(N(c4ccc5c(c4)-c4ccccc4C5)c4ccccc4-c4ccc5ccccc5c4)cc3)ccc3ccccc23)cc1. The summed E-state index contributed by atoms with van der Waals surface area (Å²) in [6, 6.07) is 73.3. The molecular formula is C51H35N. The molecule has 9 aromatic carbocycles. The van der Waals surface area contributed by atoms with Crippen LogP contribution in [0.5, 0.6) is 0 Å². The molecule has 1 nitrogen and oxygen atoms in total. The molecule has 0 radical (unpaired) electrons. The number of fused-ring (bicyclic) bond motifs is 5. The van der Waals surface area contributed by atoms with Gasteiger partial charge in [-0.15, -0.1) is 0 Å². The highest BCUT2D eigenvalue weighted by molar-refractivity contribution is 6.04. The molecule has 0 bridgehead atoms. The van der Waals surface area contributed by atoms with Crippen LogP contribution in [0.1, 0.15) is 11.1 Å². The lowest BCUT2D eigenvalue weighted by Gasteiger charge is -2.29. The second-order valence-electron chi connectivity index (χ2n) is 13.7. The summed E-state index contributed by atoms with van der Waals surface area (Å²) < 4.78 is 0. The van der Waals surface area contributed by atoms with E-state index in [0.717, 1.165) is 23.5 Å². The highest BCUT2D eigenvalue weighted by Gasteiger charge is 2.23. The summed E-state index contributed by atoms with van der Waals surface area (Å²) >= 11 is 0. The molecule has 9 aromatic rings. The van der Waals surface area contributed by atoms with Crippen molar-refractivity contribution in [3.05, 3.63) is 211 Å². The molecule has 1 heteroatoms. The molecule has 0 spiro atoms. The van der Waals surface area contributed by atoms with Crippen molar-refractivity contribution in [2.24, 2.45) is 0 Å². The van der Waals surface area contributed by atoms with Crippen LogP contribution < -0.4 is 4.90 Å². The number of benzene rings is 9. The summed E-state index contributed by atoms with van der Waals surface area (Å²) in [5.74, 6) is 0. The van der Waals surface area contributed by atoms with Crippen LogP contribution in [0.4, 0.5) is 17.1 Å². The van der Waals surface area contributed by atoms with Crippen LogP contribution in [0.25, 0.3) is 66.1 Å². The van der Waals surface area contributed by atoms with Crippen molar-refractivity contribution in [3.8, 4) is 44.5 Å². The van der Waals surface area contributed by atoms with E-state index in [2.05, 4.69) is 205 Å². The summed E-state index contributed by atoms with van der Waals surface area (Å²) in [4.78, 5) is 2.44. The highest BCUT2D eigenvalue weighted by Crippen LogP contribution is 2.46. The summed E-state index contributed by atoms with van der Waals surface area (Å²) in [7, 11) is 0. The van der Waals surface area contributed by atoms with Gasteiger partial charge in [0.05, 0.1) is 5.69 Å².